The van der Waals surface area contributed by atoms with Gasteiger partial charge in [0.05, 0.1) is 0 Å². The van der Waals surface area contributed by atoms with Gasteiger partial charge in [0.15, 0.2) is 0 Å². The molecule has 0 bridgehead atoms. The highest BCUT2D eigenvalue weighted by atomic mass is 16.2. The smallest absolute Gasteiger partial charge is 0.246 e. The minimum absolute atomic E-state index is 0.226. The van der Waals surface area contributed by atoms with Gasteiger partial charge in [-0.25, -0.2) is 0 Å². The van der Waals surface area contributed by atoms with Crippen LogP contribution in [-0.4, -0.2) is 18.9 Å². The summed E-state index contributed by atoms with van der Waals surface area (Å²) in [4.78, 5) is 22.5. The molecular weight excluding hydrogens is 192 g/mol. The fourth-order valence-electron chi connectivity index (χ4n) is 1.29. The number of benzene rings is 1. The molecule has 1 rings (SSSR count). The Morgan fingerprint density at radius 1 is 1.20 bits per heavy atom. The topological polar surface area (TPSA) is 58.2 Å². The Labute approximate surface area is 88.7 Å². The second-order valence-corrected chi connectivity index (χ2v) is 3.16. The molecule has 2 amide bonds. The summed E-state index contributed by atoms with van der Waals surface area (Å²) >= 11 is 0. The van der Waals surface area contributed by atoms with Gasteiger partial charge in [-0.15, -0.1) is 0 Å². The molecule has 0 saturated heterocycles. The van der Waals surface area contributed by atoms with Crippen molar-refractivity contribution < 1.29 is 9.59 Å². The minimum atomic E-state index is -0.617. The summed E-state index contributed by atoms with van der Waals surface area (Å²) in [6, 6.07) is 8.50. The number of hydrogen-bond donors (Lipinski definition) is 2. The summed E-state index contributed by atoms with van der Waals surface area (Å²) in [6.07, 6.45) is 0. The maximum Gasteiger partial charge on any atom is 0.246 e. The van der Waals surface area contributed by atoms with Crippen LogP contribution in [0.4, 0.5) is 0 Å². The van der Waals surface area contributed by atoms with Gasteiger partial charge in [-0.05, 0) is 5.56 Å². The third-order valence-electron chi connectivity index (χ3n) is 1.99. The molecule has 4 heteroatoms. The van der Waals surface area contributed by atoms with E-state index in [0.717, 1.165) is 5.56 Å². The molecule has 1 atom stereocenters. The van der Waals surface area contributed by atoms with Gasteiger partial charge in [-0.3, -0.25) is 9.59 Å². The summed E-state index contributed by atoms with van der Waals surface area (Å²) in [5.41, 5.74) is 0.770. The molecule has 2 N–H and O–H groups in total. The van der Waals surface area contributed by atoms with Gasteiger partial charge in [-0.2, -0.15) is 0 Å². The SMILES string of the molecule is CNC(=O)[C@@H](NC(C)=O)c1ccccc1. The molecule has 0 unspecified atom stereocenters. The van der Waals surface area contributed by atoms with E-state index in [1.165, 1.54) is 6.92 Å². The fraction of sp³-hybridized carbons (Fsp3) is 0.273. The van der Waals surface area contributed by atoms with Crippen LogP contribution >= 0.6 is 0 Å². The van der Waals surface area contributed by atoms with Crippen molar-refractivity contribution in [2.75, 3.05) is 7.05 Å². The molecule has 0 aliphatic heterocycles. The van der Waals surface area contributed by atoms with E-state index >= 15 is 0 Å². The van der Waals surface area contributed by atoms with Crippen LogP contribution in [0, 0.1) is 0 Å². The highest BCUT2D eigenvalue weighted by Gasteiger charge is 2.19. The van der Waals surface area contributed by atoms with Crippen LogP contribution in [0.1, 0.15) is 18.5 Å². The van der Waals surface area contributed by atoms with Crippen molar-refractivity contribution in [3.05, 3.63) is 35.9 Å². The van der Waals surface area contributed by atoms with Crippen LogP contribution in [0.25, 0.3) is 0 Å². The van der Waals surface area contributed by atoms with Gasteiger partial charge in [-0.1, -0.05) is 30.3 Å². The first-order chi connectivity index (χ1) is 7.15. The predicted molar refractivity (Wildman–Crippen MR) is 57.1 cm³/mol. The Kier molecular flexibility index (Phi) is 3.85. The summed E-state index contributed by atoms with van der Waals surface area (Å²) in [6.45, 7) is 1.39. The Bertz CT molecular complexity index is 349. The van der Waals surface area contributed by atoms with E-state index in [-0.39, 0.29) is 11.8 Å². The van der Waals surface area contributed by atoms with Gasteiger partial charge < -0.3 is 10.6 Å². The van der Waals surface area contributed by atoms with Crippen LogP contribution in [0.3, 0.4) is 0 Å². The maximum absolute atomic E-state index is 11.5. The van der Waals surface area contributed by atoms with Crippen LogP contribution in [0.5, 0.6) is 0 Å². The summed E-state index contributed by atoms with van der Waals surface area (Å²) in [5, 5.41) is 5.11. The molecule has 1 aromatic rings. The Morgan fingerprint density at radius 3 is 2.27 bits per heavy atom. The highest BCUT2D eigenvalue weighted by Crippen LogP contribution is 2.12. The van der Waals surface area contributed by atoms with E-state index in [2.05, 4.69) is 10.6 Å². The summed E-state index contributed by atoms with van der Waals surface area (Å²) in [5.74, 6) is -0.455. The molecule has 80 valence electrons. The zero-order valence-electron chi connectivity index (χ0n) is 8.78. The van der Waals surface area contributed by atoms with Crippen molar-refractivity contribution in [1.82, 2.24) is 10.6 Å². The van der Waals surface area contributed by atoms with Gasteiger partial charge >= 0.3 is 0 Å². The molecule has 0 spiro atoms. The zero-order chi connectivity index (χ0) is 11.3. The minimum Gasteiger partial charge on any atom is -0.357 e. The molecule has 0 fully saturated rings. The lowest BCUT2D eigenvalue weighted by molar-refractivity contribution is -0.127. The third-order valence-corrected chi connectivity index (χ3v) is 1.99. The second kappa shape index (κ2) is 5.14. The monoisotopic (exact) mass is 206 g/mol. The third kappa shape index (κ3) is 3.09. The lowest BCUT2D eigenvalue weighted by Crippen LogP contribution is -2.37. The van der Waals surface area contributed by atoms with Crippen molar-refractivity contribution in [3.8, 4) is 0 Å². The number of rotatable bonds is 3. The van der Waals surface area contributed by atoms with E-state index < -0.39 is 6.04 Å². The van der Waals surface area contributed by atoms with Gasteiger partial charge in [0.25, 0.3) is 0 Å². The largest absolute Gasteiger partial charge is 0.357 e. The maximum atomic E-state index is 11.5. The van der Waals surface area contributed by atoms with Gasteiger partial charge in [0, 0.05) is 14.0 Å². The average molecular weight is 206 g/mol. The quantitative estimate of drug-likeness (QED) is 0.761. The number of nitrogens with one attached hydrogen (secondary N) is 2. The van der Waals surface area contributed by atoms with Gasteiger partial charge in [0.1, 0.15) is 6.04 Å². The summed E-state index contributed by atoms with van der Waals surface area (Å²) < 4.78 is 0. The molecule has 1 aromatic carbocycles. The number of carbonyl (C=O) groups excluding carboxylic acids is 2. The van der Waals surface area contributed by atoms with Gasteiger partial charge in [0.2, 0.25) is 11.8 Å². The van der Waals surface area contributed by atoms with Crippen LogP contribution in [0.2, 0.25) is 0 Å². The van der Waals surface area contributed by atoms with Crippen LogP contribution in [0.15, 0.2) is 30.3 Å². The van der Waals surface area contributed by atoms with E-state index in [4.69, 9.17) is 0 Å². The Hall–Kier alpha value is -1.84. The normalized spacial score (nSPS) is 11.6. The zero-order valence-corrected chi connectivity index (χ0v) is 8.78. The molecule has 0 heterocycles. The fourth-order valence-corrected chi connectivity index (χ4v) is 1.29. The van der Waals surface area contributed by atoms with Crippen molar-refractivity contribution >= 4 is 11.8 Å². The average Bonchev–Trinajstić information content (AvgIpc) is 2.26. The Morgan fingerprint density at radius 2 is 1.80 bits per heavy atom. The van der Waals surface area contributed by atoms with E-state index in [1.54, 1.807) is 19.2 Å². The molecule has 0 aliphatic rings. The number of amides is 2. The number of hydrogen-bond acceptors (Lipinski definition) is 2. The van der Waals surface area contributed by atoms with E-state index in [1.807, 2.05) is 18.2 Å². The van der Waals surface area contributed by atoms with Crippen molar-refractivity contribution in [2.45, 2.75) is 13.0 Å². The summed E-state index contributed by atoms with van der Waals surface area (Å²) in [7, 11) is 1.54. The number of likely N-dealkylation sites (N-methyl/N-ethyl adjacent to an activating group) is 1. The molecule has 4 nitrogen and oxygen atoms in total. The highest BCUT2D eigenvalue weighted by molar-refractivity contribution is 5.87. The van der Waals surface area contributed by atoms with Crippen molar-refractivity contribution in [3.63, 3.8) is 0 Å². The van der Waals surface area contributed by atoms with E-state index in [9.17, 15) is 9.59 Å². The molecule has 0 aromatic heterocycles. The van der Waals surface area contributed by atoms with Crippen molar-refractivity contribution in [1.29, 1.82) is 0 Å². The lowest BCUT2D eigenvalue weighted by Gasteiger charge is -2.16. The first-order valence-corrected chi connectivity index (χ1v) is 4.68. The molecule has 15 heavy (non-hydrogen) atoms. The standard InChI is InChI=1S/C11H14N2O2/c1-8(14)13-10(11(15)12-2)9-6-4-3-5-7-9/h3-7,10H,1-2H3,(H,12,15)(H,13,14)/t10-/m0/s1. The second-order valence-electron chi connectivity index (χ2n) is 3.16. The predicted octanol–water partition coefficient (Wildman–Crippen LogP) is 0.610. The Balaban J connectivity index is 2.91. The van der Waals surface area contributed by atoms with E-state index in [0.29, 0.717) is 0 Å². The lowest BCUT2D eigenvalue weighted by atomic mass is 10.1. The molecular formula is C11H14N2O2. The molecule has 0 saturated carbocycles. The van der Waals surface area contributed by atoms with Crippen LogP contribution < -0.4 is 10.6 Å². The first kappa shape index (κ1) is 11.2. The molecule has 0 aliphatic carbocycles. The number of carbonyl (C=O) groups is 2. The van der Waals surface area contributed by atoms with Crippen molar-refractivity contribution in [2.24, 2.45) is 0 Å². The molecule has 0 radical (unpaired) electrons. The first-order valence-electron chi connectivity index (χ1n) is 4.68. The van der Waals surface area contributed by atoms with Crippen LogP contribution in [-0.2, 0) is 9.59 Å².